The van der Waals surface area contributed by atoms with Gasteiger partial charge in [-0.15, -0.1) is 11.3 Å². The summed E-state index contributed by atoms with van der Waals surface area (Å²) in [6.45, 7) is 0.325. The number of imidazole rings is 1. The Hall–Kier alpha value is -0.870. The molecule has 3 nitrogen and oxygen atoms in total. The van der Waals surface area contributed by atoms with Gasteiger partial charge in [-0.1, -0.05) is 0 Å². The molecule has 0 aromatic carbocycles. The minimum Gasteiger partial charge on any atom is -0.396 e. The normalized spacial score (nSPS) is 35.4. The highest BCUT2D eigenvalue weighted by atomic mass is 32.1. The Morgan fingerprint density at radius 1 is 1.47 bits per heavy atom. The van der Waals surface area contributed by atoms with E-state index in [-0.39, 0.29) is 5.41 Å². The molecule has 2 aliphatic carbocycles. The van der Waals surface area contributed by atoms with Crippen LogP contribution in [0, 0.1) is 17.3 Å². The summed E-state index contributed by atoms with van der Waals surface area (Å²) in [6, 6.07) is 0. The summed E-state index contributed by atoms with van der Waals surface area (Å²) in [5, 5.41) is 11.8. The van der Waals surface area contributed by atoms with Crippen molar-refractivity contribution in [3.05, 3.63) is 23.5 Å². The first-order valence-electron chi connectivity index (χ1n) is 6.30. The summed E-state index contributed by atoms with van der Waals surface area (Å²) in [5.41, 5.74) is 1.28. The molecule has 0 bridgehead atoms. The molecule has 0 radical (unpaired) electrons. The van der Waals surface area contributed by atoms with E-state index < -0.39 is 0 Å². The van der Waals surface area contributed by atoms with Crippen molar-refractivity contribution in [2.75, 3.05) is 6.61 Å². The van der Waals surface area contributed by atoms with Crippen LogP contribution in [0.4, 0.5) is 0 Å². The van der Waals surface area contributed by atoms with Crippen molar-refractivity contribution in [1.82, 2.24) is 9.38 Å². The van der Waals surface area contributed by atoms with E-state index >= 15 is 0 Å². The van der Waals surface area contributed by atoms with E-state index in [0.717, 1.165) is 28.9 Å². The van der Waals surface area contributed by atoms with Crippen LogP contribution in [0.5, 0.6) is 0 Å². The van der Waals surface area contributed by atoms with E-state index in [1.807, 2.05) is 6.20 Å². The first-order chi connectivity index (χ1) is 8.28. The first-order valence-corrected chi connectivity index (χ1v) is 7.18. The van der Waals surface area contributed by atoms with E-state index in [1.54, 1.807) is 11.3 Å². The number of fused-ring (bicyclic) bond motifs is 2. The number of aliphatic hydroxyl groups excluding tert-OH is 1. The maximum absolute atomic E-state index is 9.71. The van der Waals surface area contributed by atoms with Gasteiger partial charge in [-0.05, 0) is 42.9 Å². The van der Waals surface area contributed by atoms with Gasteiger partial charge in [0.2, 0.25) is 0 Å². The molecule has 90 valence electrons. The van der Waals surface area contributed by atoms with Crippen molar-refractivity contribution in [1.29, 1.82) is 0 Å². The SMILES string of the molecule is OCC1(Cc2cn3ccsc3n2)CC2CC2C1. The lowest BCUT2D eigenvalue weighted by atomic mass is 9.80. The monoisotopic (exact) mass is 248 g/mol. The highest BCUT2D eigenvalue weighted by Gasteiger charge is 2.53. The van der Waals surface area contributed by atoms with Crippen LogP contribution in [0.1, 0.15) is 25.0 Å². The van der Waals surface area contributed by atoms with Crippen LogP contribution >= 0.6 is 11.3 Å². The maximum atomic E-state index is 9.71. The van der Waals surface area contributed by atoms with Crippen LogP contribution in [-0.4, -0.2) is 21.1 Å². The van der Waals surface area contributed by atoms with Gasteiger partial charge in [0.25, 0.3) is 0 Å². The third-order valence-electron chi connectivity index (χ3n) is 4.49. The molecule has 4 heteroatoms. The van der Waals surface area contributed by atoms with E-state index in [0.29, 0.717) is 6.61 Å². The standard InChI is InChI=1S/C13H16N2OS/c16-8-13(4-9-3-10(9)5-13)6-11-7-15-1-2-17-12(15)14-11/h1-2,7,9-10,16H,3-6,8H2. The zero-order chi connectivity index (χ0) is 11.5. The fourth-order valence-electron chi connectivity index (χ4n) is 3.58. The molecule has 1 N–H and O–H groups in total. The zero-order valence-corrected chi connectivity index (χ0v) is 10.5. The molecule has 2 aromatic rings. The molecule has 0 aliphatic heterocycles. The smallest absolute Gasteiger partial charge is 0.193 e. The van der Waals surface area contributed by atoms with Crippen molar-refractivity contribution >= 4 is 16.3 Å². The molecular formula is C13H16N2OS. The van der Waals surface area contributed by atoms with Gasteiger partial charge in [0.05, 0.1) is 5.69 Å². The van der Waals surface area contributed by atoms with Crippen LogP contribution in [0.2, 0.25) is 0 Å². The quantitative estimate of drug-likeness (QED) is 0.905. The fraction of sp³-hybridized carbons (Fsp3) is 0.615. The van der Waals surface area contributed by atoms with Crippen LogP contribution in [0.3, 0.4) is 0 Å². The second-order valence-electron chi connectivity index (χ2n) is 5.82. The third kappa shape index (κ3) is 1.54. The Morgan fingerprint density at radius 2 is 2.29 bits per heavy atom. The lowest BCUT2D eigenvalue weighted by Crippen LogP contribution is -2.26. The van der Waals surface area contributed by atoms with Crippen LogP contribution < -0.4 is 0 Å². The zero-order valence-electron chi connectivity index (χ0n) is 9.67. The van der Waals surface area contributed by atoms with Crippen molar-refractivity contribution in [3.63, 3.8) is 0 Å². The van der Waals surface area contributed by atoms with E-state index in [2.05, 4.69) is 21.0 Å². The molecule has 2 aliphatic rings. The second kappa shape index (κ2) is 3.33. The minimum absolute atomic E-state index is 0.137. The Bertz CT molecular complexity index is 520. The summed E-state index contributed by atoms with van der Waals surface area (Å²) >= 11 is 1.67. The van der Waals surface area contributed by atoms with Gasteiger partial charge < -0.3 is 5.11 Å². The first kappa shape index (κ1) is 10.1. The number of hydrogen-bond acceptors (Lipinski definition) is 3. The Labute approximate surface area is 104 Å². The third-order valence-corrected chi connectivity index (χ3v) is 5.26. The number of hydrogen-bond donors (Lipinski definition) is 1. The molecule has 4 rings (SSSR count). The summed E-state index contributed by atoms with van der Waals surface area (Å²) in [6.07, 6.45) is 8.94. The Kier molecular flexibility index (Phi) is 1.97. The molecule has 2 unspecified atom stereocenters. The topological polar surface area (TPSA) is 37.5 Å². The Morgan fingerprint density at radius 3 is 3.00 bits per heavy atom. The van der Waals surface area contributed by atoms with Gasteiger partial charge >= 0.3 is 0 Å². The lowest BCUT2D eigenvalue weighted by Gasteiger charge is -2.27. The fourth-order valence-corrected chi connectivity index (χ4v) is 4.30. The number of aliphatic hydroxyl groups is 1. The van der Waals surface area contributed by atoms with Crippen molar-refractivity contribution in [2.24, 2.45) is 17.3 Å². The van der Waals surface area contributed by atoms with Crippen LogP contribution in [0.15, 0.2) is 17.8 Å². The molecular weight excluding hydrogens is 232 g/mol. The molecule has 2 heterocycles. The number of rotatable bonds is 3. The predicted octanol–water partition coefficient (Wildman–Crippen LogP) is 2.35. The molecule has 0 amide bonds. The number of aromatic nitrogens is 2. The number of nitrogens with zero attached hydrogens (tertiary/aromatic N) is 2. The van der Waals surface area contributed by atoms with E-state index in [4.69, 9.17) is 0 Å². The minimum atomic E-state index is 0.137. The van der Waals surface area contributed by atoms with Crippen LogP contribution in [0.25, 0.3) is 4.96 Å². The molecule has 0 spiro atoms. The molecule has 2 aromatic heterocycles. The van der Waals surface area contributed by atoms with Gasteiger partial charge in [0.15, 0.2) is 4.96 Å². The van der Waals surface area contributed by atoms with Crippen molar-refractivity contribution in [2.45, 2.75) is 25.7 Å². The van der Waals surface area contributed by atoms with Gasteiger partial charge in [0, 0.05) is 24.4 Å². The summed E-state index contributed by atoms with van der Waals surface area (Å²) in [7, 11) is 0. The van der Waals surface area contributed by atoms with E-state index in [1.165, 1.54) is 19.3 Å². The number of thiazole rings is 1. The summed E-state index contributed by atoms with van der Waals surface area (Å²) < 4.78 is 2.08. The van der Waals surface area contributed by atoms with Gasteiger partial charge in [-0.25, -0.2) is 4.98 Å². The molecule has 0 saturated heterocycles. The maximum Gasteiger partial charge on any atom is 0.193 e. The summed E-state index contributed by atoms with van der Waals surface area (Å²) in [4.78, 5) is 5.71. The molecule has 2 fully saturated rings. The van der Waals surface area contributed by atoms with Crippen molar-refractivity contribution in [3.8, 4) is 0 Å². The largest absolute Gasteiger partial charge is 0.396 e. The Balaban J connectivity index is 1.61. The highest BCUT2D eigenvalue weighted by molar-refractivity contribution is 7.15. The summed E-state index contributed by atoms with van der Waals surface area (Å²) in [5.74, 6) is 1.82. The lowest BCUT2D eigenvalue weighted by molar-refractivity contribution is 0.116. The van der Waals surface area contributed by atoms with Crippen LogP contribution in [-0.2, 0) is 6.42 Å². The molecule has 2 atom stereocenters. The van der Waals surface area contributed by atoms with Gasteiger partial charge in [0.1, 0.15) is 0 Å². The van der Waals surface area contributed by atoms with Gasteiger partial charge in [-0.3, -0.25) is 4.40 Å². The van der Waals surface area contributed by atoms with Crippen molar-refractivity contribution < 1.29 is 5.11 Å². The second-order valence-corrected chi connectivity index (χ2v) is 6.70. The molecule has 2 saturated carbocycles. The average Bonchev–Trinajstić information content (AvgIpc) is 2.71. The average molecular weight is 248 g/mol. The highest BCUT2D eigenvalue weighted by Crippen LogP contribution is 2.60. The van der Waals surface area contributed by atoms with Gasteiger partial charge in [-0.2, -0.15) is 0 Å². The molecule has 17 heavy (non-hydrogen) atoms. The van der Waals surface area contributed by atoms with E-state index in [9.17, 15) is 5.11 Å². The predicted molar refractivity (Wildman–Crippen MR) is 67.1 cm³/mol.